The van der Waals surface area contributed by atoms with Gasteiger partial charge in [-0.25, -0.2) is 0 Å². The summed E-state index contributed by atoms with van der Waals surface area (Å²) in [4.78, 5) is 2.52. The Morgan fingerprint density at radius 1 is 0.407 bits per heavy atom. The van der Waals surface area contributed by atoms with Gasteiger partial charge in [0, 0.05) is 62.7 Å². The Balaban J connectivity index is 1.20. The molecule has 2 aromatic heterocycles. The van der Waals surface area contributed by atoms with Crippen LogP contribution in [0.4, 0.5) is 17.1 Å². The van der Waals surface area contributed by atoms with Crippen LogP contribution in [-0.2, 0) is 5.41 Å². The van der Waals surface area contributed by atoms with Gasteiger partial charge in [-0.15, -0.1) is 22.7 Å². The summed E-state index contributed by atoms with van der Waals surface area (Å²) >= 11 is 3.75. The van der Waals surface area contributed by atoms with Crippen LogP contribution in [0.5, 0.6) is 0 Å². The lowest BCUT2D eigenvalue weighted by Crippen LogP contribution is -2.17. The summed E-state index contributed by atoms with van der Waals surface area (Å²) in [6.07, 6.45) is 0. The molecule has 0 bridgehead atoms. The lowest BCUT2D eigenvalue weighted by atomic mass is 9.82. The van der Waals surface area contributed by atoms with Crippen LogP contribution in [0, 0.1) is 0 Å². The van der Waals surface area contributed by atoms with Crippen molar-refractivity contribution < 1.29 is 0 Å². The van der Waals surface area contributed by atoms with Crippen LogP contribution in [-0.4, -0.2) is 0 Å². The molecule has 256 valence electrons. The summed E-state index contributed by atoms with van der Waals surface area (Å²) in [6.45, 7) is 4.75. The average Bonchev–Trinajstić information content (AvgIpc) is 3.86. The molecule has 10 aromatic rings. The molecule has 1 aliphatic carbocycles. The second-order valence-electron chi connectivity index (χ2n) is 14.9. The Morgan fingerprint density at radius 2 is 1.00 bits per heavy atom. The fraction of sp³-hybridized carbons (Fsp3) is 0.0588. The lowest BCUT2D eigenvalue weighted by molar-refractivity contribution is 0.660. The number of hydrogen-bond donors (Lipinski definition) is 0. The zero-order valence-electron chi connectivity index (χ0n) is 30.0. The highest BCUT2D eigenvalue weighted by Gasteiger charge is 2.36. The third kappa shape index (κ3) is 4.75. The second-order valence-corrected chi connectivity index (χ2v) is 17.1. The second kappa shape index (κ2) is 12.0. The SMILES string of the molecule is CC1(C)c2ccccc2-c2ccc(N(c3ccc4c(c3)sc3ccccc34)c3ccc4sc5ccccc5c4c3-c3ccc(-c4ccccc4)cc3)cc21. The maximum Gasteiger partial charge on any atom is 0.0547 e. The van der Waals surface area contributed by atoms with Crippen LogP contribution in [0.15, 0.2) is 176 Å². The Labute approximate surface area is 323 Å². The van der Waals surface area contributed by atoms with E-state index >= 15 is 0 Å². The number of thiophene rings is 2. The minimum atomic E-state index is -0.118. The van der Waals surface area contributed by atoms with Gasteiger partial charge in [-0.05, 0) is 87.5 Å². The predicted molar refractivity (Wildman–Crippen MR) is 235 cm³/mol. The van der Waals surface area contributed by atoms with Gasteiger partial charge >= 0.3 is 0 Å². The summed E-state index contributed by atoms with van der Waals surface area (Å²) in [6, 6.07) is 65.4. The molecule has 0 saturated carbocycles. The minimum Gasteiger partial charge on any atom is -0.310 e. The lowest BCUT2D eigenvalue weighted by Gasteiger charge is -2.30. The van der Waals surface area contributed by atoms with E-state index in [1.807, 2.05) is 22.7 Å². The van der Waals surface area contributed by atoms with Crippen LogP contribution in [0.1, 0.15) is 25.0 Å². The molecule has 0 amide bonds. The van der Waals surface area contributed by atoms with Crippen molar-refractivity contribution >= 4 is 80.1 Å². The molecule has 0 spiro atoms. The first-order chi connectivity index (χ1) is 26.5. The van der Waals surface area contributed by atoms with Crippen molar-refractivity contribution in [3.05, 3.63) is 187 Å². The van der Waals surface area contributed by atoms with Crippen LogP contribution >= 0.6 is 22.7 Å². The van der Waals surface area contributed by atoms with Gasteiger partial charge in [0.2, 0.25) is 0 Å². The fourth-order valence-corrected chi connectivity index (χ4v) is 11.1. The normalized spacial score (nSPS) is 13.1. The Morgan fingerprint density at radius 3 is 1.83 bits per heavy atom. The third-order valence-electron chi connectivity index (χ3n) is 11.5. The fourth-order valence-electron chi connectivity index (χ4n) is 8.86. The van der Waals surface area contributed by atoms with Gasteiger partial charge in [-0.2, -0.15) is 0 Å². The van der Waals surface area contributed by atoms with E-state index in [2.05, 4.69) is 195 Å². The molecule has 2 heterocycles. The monoisotopic (exact) mass is 725 g/mol. The molecular formula is C51H35NS2. The number of rotatable bonds is 5. The molecule has 0 atom stereocenters. The standard InChI is InChI=1S/C51H35NS2/c1-51(2)42-17-9-6-14-37(42)38-26-24-35(30-43(38)51)52(36-25-27-40-39-15-7-10-18-45(39)54-48(40)31-36)44-28-29-47-50(41-16-8-11-19-46(41)53-47)49(44)34-22-20-33(21-23-34)32-12-4-3-5-13-32/h3-31H,1-2H3. The number of hydrogen-bond acceptors (Lipinski definition) is 3. The molecule has 0 N–H and O–H groups in total. The maximum absolute atomic E-state index is 2.52. The zero-order valence-corrected chi connectivity index (χ0v) is 31.6. The Kier molecular flexibility index (Phi) is 7.01. The van der Waals surface area contributed by atoms with Crippen LogP contribution < -0.4 is 4.90 Å². The van der Waals surface area contributed by atoms with Gasteiger partial charge < -0.3 is 4.90 Å². The van der Waals surface area contributed by atoms with E-state index in [1.165, 1.54) is 90.5 Å². The van der Waals surface area contributed by atoms with Gasteiger partial charge in [0.25, 0.3) is 0 Å². The quantitative estimate of drug-likeness (QED) is 0.171. The van der Waals surface area contributed by atoms with Crippen molar-refractivity contribution in [1.29, 1.82) is 0 Å². The molecule has 0 saturated heterocycles. The molecule has 1 aliphatic rings. The van der Waals surface area contributed by atoms with Gasteiger partial charge in [0.1, 0.15) is 0 Å². The van der Waals surface area contributed by atoms with E-state index in [0.717, 1.165) is 11.4 Å². The third-order valence-corrected chi connectivity index (χ3v) is 13.8. The highest BCUT2D eigenvalue weighted by molar-refractivity contribution is 7.26. The molecule has 8 aromatic carbocycles. The Hall–Kier alpha value is -6.00. The van der Waals surface area contributed by atoms with E-state index < -0.39 is 0 Å². The van der Waals surface area contributed by atoms with Crippen LogP contribution in [0.3, 0.4) is 0 Å². The van der Waals surface area contributed by atoms with Crippen molar-refractivity contribution in [3.8, 4) is 33.4 Å². The molecule has 11 rings (SSSR count). The number of fused-ring (bicyclic) bond motifs is 9. The summed E-state index contributed by atoms with van der Waals surface area (Å²) in [7, 11) is 0. The van der Waals surface area contributed by atoms with Crippen molar-refractivity contribution in [2.45, 2.75) is 19.3 Å². The van der Waals surface area contributed by atoms with E-state index in [-0.39, 0.29) is 5.41 Å². The van der Waals surface area contributed by atoms with E-state index in [9.17, 15) is 0 Å². The summed E-state index contributed by atoms with van der Waals surface area (Å²) < 4.78 is 5.22. The van der Waals surface area contributed by atoms with Gasteiger partial charge in [-0.1, -0.05) is 141 Å². The van der Waals surface area contributed by atoms with Crippen molar-refractivity contribution in [3.63, 3.8) is 0 Å². The van der Waals surface area contributed by atoms with E-state index in [1.54, 1.807) is 0 Å². The first-order valence-electron chi connectivity index (χ1n) is 18.6. The van der Waals surface area contributed by atoms with Crippen molar-refractivity contribution in [2.24, 2.45) is 0 Å². The number of nitrogens with zero attached hydrogens (tertiary/aromatic N) is 1. The topological polar surface area (TPSA) is 3.24 Å². The maximum atomic E-state index is 2.52. The van der Waals surface area contributed by atoms with Crippen LogP contribution in [0.2, 0.25) is 0 Å². The van der Waals surface area contributed by atoms with Crippen LogP contribution in [0.25, 0.3) is 73.7 Å². The van der Waals surface area contributed by atoms with Crippen molar-refractivity contribution in [2.75, 3.05) is 4.90 Å². The first-order valence-corrected chi connectivity index (χ1v) is 20.2. The summed E-state index contributed by atoms with van der Waals surface area (Å²) in [5, 5.41) is 5.23. The highest BCUT2D eigenvalue weighted by Crippen LogP contribution is 2.53. The molecule has 3 heteroatoms. The van der Waals surface area contributed by atoms with E-state index in [0.29, 0.717) is 0 Å². The minimum absolute atomic E-state index is 0.118. The summed E-state index contributed by atoms with van der Waals surface area (Å²) in [5.74, 6) is 0. The number of anilines is 3. The molecular weight excluding hydrogens is 691 g/mol. The van der Waals surface area contributed by atoms with Gasteiger partial charge in [0.05, 0.1) is 5.69 Å². The average molecular weight is 726 g/mol. The van der Waals surface area contributed by atoms with Gasteiger partial charge in [0.15, 0.2) is 0 Å². The van der Waals surface area contributed by atoms with Gasteiger partial charge in [-0.3, -0.25) is 0 Å². The predicted octanol–water partition coefficient (Wildman–Crippen LogP) is 15.5. The molecule has 0 fully saturated rings. The molecule has 0 unspecified atom stereocenters. The number of benzene rings is 8. The largest absolute Gasteiger partial charge is 0.310 e. The Bertz CT molecular complexity index is 3070. The molecule has 0 radical (unpaired) electrons. The van der Waals surface area contributed by atoms with Crippen molar-refractivity contribution in [1.82, 2.24) is 0 Å². The molecule has 1 nitrogen and oxygen atoms in total. The summed E-state index contributed by atoms with van der Waals surface area (Å²) in [5.41, 5.74) is 13.7. The molecule has 0 aliphatic heterocycles. The first kappa shape index (κ1) is 31.5. The highest BCUT2D eigenvalue weighted by atomic mass is 32.1. The zero-order chi connectivity index (χ0) is 36.0. The molecule has 54 heavy (non-hydrogen) atoms. The smallest absolute Gasteiger partial charge is 0.0547 e. The van der Waals surface area contributed by atoms with E-state index in [4.69, 9.17) is 0 Å².